The number of rotatable bonds is 2. The van der Waals surface area contributed by atoms with E-state index in [-0.39, 0.29) is 5.41 Å². The Hall–Kier alpha value is -0.820. The van der Waals surface area contributed by atoms with Gasteiger partial charge in [0.2, 0.25) is 0 Å². The summed E-state index contributed by atoms with van der Waals surface area (Å²) in [6, 6.07) is 10.8. The van der Waals surface area contributed by atoms with E-state index in [0.717, 1.165) is 6.54 Å². The lowest BCUT2D eigenvalue weighted by atomic mass is 9.76. The Morgan fingerprint density at radius 3 is 2.27 bits per heavy atom. The van der Waals surface area contributed by atoms with Crippen molar-refractivity contribution in [2.45, 2.75) is 38.5 Å². The quantitative estimate of drug-likeness (QED) is 0.785. The smallest absolute Gasteiger partial charge is 0.00808 e. The van der Waals surface area contributed by atoms with Gasteiger partial charge in [0, 0.05) is 12.0 Å². The Morgan fingerprint density at radius 1 is 1.13 bits per heavy atom. The molecule has 2 rings (SSSR count). The van der Waals surface area contributed by atoms with E-state index in [1.54, 1.807) is 0 Å². The van der Waals surface area contributed by atoms with Gasteiger partial charge in [-0.2, -0.15) is 0 Å². The summed E-state index contributed by atoms with van der Waals surface area (Å²) in [6.45, 7) is 5.49. The minimum atomic E-state index is 0.241. The van der Waals surface area contributed by atoms with Gasteiger partial charge in [0.1, 0.15) is 0 Å². The van der Waals surface area contributed by atoms with E-state index in [1.807, 2.05) is 0 Å². The molecule has 1 aromatic carbocycles. The topological polar surface area (TPSA) is 26.0 Å². The summed E-state index contributed by atoms with van der Waals surface area (Å²) in [5, 5.41) is 0. The Bertz CT molecular complexity index is 328. The van der Waals surface area contributed by atoms with Crippen molar-refractivity contribution >= 4 is 0 Å². The lowest BCUT2D eigenvalue weighted by Gasteiger charge is -2.30. The molecule has 0 aromatic heterocycles. The molecule has 2 N–H and O–H groups in total. The highest BCUT2D eigenvalue weighted by atomic mass is 14.6. The van der Waals surface area contributed by atoms with Crippen molar-refractivity contribution < 1.29 is 0 Å². The van der Waals surface area contributed by atoms with Gasteiger partial charge in [-0.25, -0.2) is 0 Å². The van der Waals surface area contributed by atoms with Crippen LogP contribution in [0.3, 0.4) is 0 Å². The van der Waals surface area contributed by atoms with Crippen molar-refractivity contribution in [1.29, 1.82) is 0 Å². The SMILES string of the molecule is CC1(C)CCC(CN)(c2ccccc2)C1. The molecule has 0 amide bonds. The van der Waals surface area contributed by atoms with E-state index in [9.17, 15) is 0 Å². The minimum absolute atomic E-state index is 0.241. The van der Waals surface area contributed by atoms with Gasteiger partial charge in [-0.05, 0) is 30.2 Å². The number of nitrogens with two attached hydrogens (primary N) is 1. The summed E-state index contributed by atoms with van der Waals surface area (Å²) in [5.41, 5.74) is 8.15. The van der Waals surface area contributed by atoms with Crippen molar-refractivity contribution in [2.75, 3.05) is 6.54 Å². The van der Waals surface area contributed by atoms with Crippen molar-refractivity contribution in [3.8, 4) is 0 Å². The van der Waals surface area contributed by atoms with E-state index < -0.39 is 0 Å². The molecule has 82 valence electrons. The van der Waals surface area contributed by atoms with Crippen molar-refractivity contribution in [3.63, 3.8) is 0 Å². The number of hydrogen-bond acceptors (Lipinski definition) is 1. The largest absolute Gasteiger partial charge is 0.330 e. The molecule has 1 aliphatic rings. The third-order valence-electron chi connectivity index (χ3n) is 3.87. The van der Waals surface area contributed by atoms with Crippen LogP contribution in [0, 0.1) is 5.41 Å². The second-order valence-electron chi connectivity index (χ2n) is 5.69. The normalized spacial score (nSPS) is 29.3. The maximum atomic E-state index is 6.02. The first kappa shape index (κ1) is 10.7. The Morgan fingerprint density at radius 2 is 1.80 bits per heavy atom. The lowest BCUT2D eigenvalue weighted by molar-refractivity contribution is 0.338. The highest BCUT2D eigenvalue weighted by Crippen LogP contribution is 2.49. The average molecular weight is 203 g/mol. The summed E-state index contributed by atoms with van der Waals surface area (Å²) in [6.07, 6.45) is 3.75. The Kier molecular flexibility index (Phi) is 2.59. The summed E-state index contributed by atoms with van der Waals surface area (Å²) >= 11 is 0. The van der Waals surface area contributed by atoms with E-state index in [2.05, 4.69) is 44.2 Å². The summed E-state index contributed by atoms with van der Waals surface area (Å²) < 4.78 is 0. The van der Waals surface area contributed by atoms with E-state index in [0.29, 0.717) is 5.41 Å². The van der Waals surface area contributed by atoms with Crippen LogP contribution in [0.5, 0.6) is 0 Å². The maximum absolute atomic E-state index is 6.02. The van der Waals surface area contributed by atoms with Crippen LogP contribution in [-0.2, 0) is 5.41 Å². The zero-order valence-electron chi connectivity index (χ0n) is 9.79. The molecule has 1 fully saturated rings. The molecule has 15 heavy (non-hydrogen) atoms. The molecule has 1 heteroatoms. The van der Waals surface area contributed by atoms with Gasteiger partial charge >= 0.3 is 0 Å². The van der Waals surface area contributed by atoms with Gasteiger partial charge in [-0.3, -0.25) is 0 Å². The highest BCUT2D eigenvalue weighted by Gasteiger charge is 2.43. The minimum Gasteiger partial charge on any atom is -0.330 e. The Labute approximate surface area is 92.7 Å². The van der Waals surface area contributed by atoms with Gasteiger partial charge in [-0.15, -0.1) is 0 Å². The van der Waals surface area contributed by atoms with E-state index >= 15 is 0 Å². The summed E-state index contributed by atoms with van der Waals surface area (Å²) in [5.74, 6) is 0. The van der Waals surface area contributed by atoms with Crippen molar-refractivity contribution in [1.82, 2.24) is 0 Å². The molecule has 0 spiro atoms. The first-order valence-corrected chi connectivity index (χ1v) is 5.84. The highest BCUT2D eigenvalue weighted by molar-refractivity contribution is 5.28. The van der Waals surface area contributed by atoms with Crippen LogP contribution >= 0.6 is 0 Å². The standard InChI is InChI=1S/C14H21N/c1-13(2)8-9-14(10-13,11-15)12-6-4-3-5-7-12/h3-7H,8-11,15H2,1-2H3. The molecular weight excluding hydrogens is 182 g/mol. The second-order valence-corrected chi connectivity index (χ2v) is 5.69. The van der Waals surface area contributed by atoms with Crippen LogP contribution in [0.4, 0.5) is 0 Å². The number of hydrogen-bond donors (Lipinski definition) is 1. The molecule has 0 bridgehead atoms. The molecule has 0 aliphatic heterocycles. The second kappa shape index (κ2) is 3.64. The van der Waals surface area contributed by atoms with Gasteiger partial charge in [0.25, 0.3) is 0 Å². The molecule has 1 aromatic rings. The zero-order chi connectivity index (χ0) is 10.9. The summed E-state index contributed by atoms with van der Waals surface area (Å²) in [7, 11) is 0. The van der Waals surface area contributed by atoms with Gasteiger partial charge in [-0.1, -0.05) is 44.2 Å². The third-order valence-corrected chi connectivity index (χ3v) is 3.87. The van der Waals surface area contributed by atoms with Crippen LogP contribution in [-0.4, -0.2) is 6.54 Å². The average Bonchev–Trinajstić information content (AvgIpc) is 2.57. The molecule has 1 aliphatic carbocycles. The monoisotopic (exact) mass is 203 g/mol. The fourth-order valence-electron chi connectivity index (χ4n) is 3.00. The third kappa shape index (κ3) is 1.93. The van der Waals surface area contributed by atoms with Crippen LogP contribution in [0.1, 0.15) is 38.7 Å². The molecule has 0 radical (unpaired) electrons. The predicted molar refractivity (Wildman–Crippen MR) is 64.8 cm³/mol. The first-order chi connectivity index (χ1) is 7.08. The van der Waals surface area contributed by atoms with Crippen LogP contribution in [0.25, 0.3) is 0 Å². The van der Waals surface area contributed by atoms with E-state index in [1.165, 1.54) is 24.8 Å². The molecule has 1 unspecified atom stereocenters. The van der Waals surface area contributed by atoms with Gasteiger partial charge in [0.15, 0.2) is 0 Å². The van der Waals surface area contributed by atoms with Gasteiger partial charge in [0.05, 0.1) is 0 Å². The van der Waals surface area contributed by atoms with Crippen LogP contribution < -0.4 is 5.73 Å². The zero-order valence-corrected chi connectivity index (χ0v) is 9.79. The predicted octanol–water partition coefficient (Wildman–Crippen LogP) is 3.09. The molecule has 1 saturated carbocycles. The number of benzene rings is 1. The van der Waals surface area contributed by atoms with Crippen LogP contribution in [0.15, 0.2) is 30.3 Å². The maximum Gasteiger partial charge on any atom is 0.00808 e. The fourth-order valence-corrected chi connectivity index (χ4v) is 3.00. The molecule has 0 saturated heterocycles. The molecule has 0 heterocycles. The summed E-state index contributed by atoms with van der Waals surface area (Å²) in [4.78, 5) is 0. The lowest BCUT2D eigenvalue weighted by Crippen LogP contribution is -2.33. The fraction of sp³-hybridized carbons (Fsp3) is 0.571. The molecular formula is C14H21N. The van der Waals surface area contributed by atoms with Crippen LogP contribution in [0.2, 0.25) is 0 Å². The first-order valence-electron chi connectivity index (χ1n) is 5.84. The Balaban J connectivity index is 2.32. The molecule has 1 atom stereocenters. The van der Waals surface area contributed by atoms with Gasteiger partial charge < -0.3 is 5.73 Å². The van der Waals surface area contributed by atoms with Crippen molar-refractivity contribution in [2.24, 2.45) is 11.1 Å². The van der Waals surface area contributed by atoms with Crippen molar-refractivity contribution in [3.05, 3.63) is 35.9 Å². The molecule has 1 nitrogen and oxygen atoms in total. The van der Waals surface area contributed by atoms with E-state index in [4.69, 9.17) is 5.73 Å².